The second kappa shape index (κ2) is 6.82. The van der Waals surface area contributed by atoms with E-state index in [9.17, 15) is 9.90 Å². The smallest absolute Gasteiger partial charge is 0.237 e. The number of aromatic hydroxyl groups is 1. The van der Waals surface area contributed by atoms with Crippen LogP contribution in [0.3, 0.4) is 0 Å². The molecular weight excluding hydrogens is 260 g/mol. The van der Waals surface area contributed by atoms with Crippen molar-refractivity contribution in [2.24, 2.45) is 11.7 Å². The number of nitrogens with two attached hydrogens (primary N) is 1. The van der Waals surface area contributed by atoms with Crippen molar-refractivity contribution in [2.75, 3.05) is 18.1 Å². The molecule has 104 valence electrons. The highest BCUT2D eigenvalue weighted by molar-refractivity contribution is 7.99. The Hall–Kier alpha value is -1.20. The van der Waals surface area contributed by atoms with Crippen molar-refractivity contribution in [3.05, 3.63) is 29.8 Å². The summed E-state index contributed by atoms with van der Waals surface area (Å²) in [7, 11) is 0. The first-order chi connectivity index (χ1) is 9.15. The predicted octanol–water partition coefficient (Wildman–Crippen LogP) is 1.13. The molecule has 1 aliphatic heterocycles. The minimum atomic E-state index is -0.529. The molecule has 1 saturated heterocycles. The topological polar surface area (TPSA) is 75.3 Å². The summed E-state index contributed by atoms with van der Waals surface area (Å²) in [5, 5.41) is 12.1. The molecule has 1 aliphatic rings. The first-order valence-electron chi connectivity index (χ1n) is 6.54. The van der Waals surface area contributed by atoms with E-state index in [2.05, 4.69) is 5.32 Å². The molecule has 1 fully saturated rings. The van der Waals surface area contributed by atoms with Crippen LogP contribution in [-0.2, 0) is 11.2 Å². The molecule has 0 aromatic heterocycles. The molecule has 0 radical (unpaired) electrons. The van der Waals surface area contributed by atoms with E-state index < -0.39 is 6.04 Å². The summed E-state index contributed by atoms with van der Waals surface area (Å²) in [6, 6.07) is 6.26. The van der Waals surface area contributed by atoms with Crippen molar-refractivity contribution in [1.82, 2.24) is 5.32 Å². The number of hydrogen-bond acceptors (Lipinski definition) is 4. The molecule has 2 rings (SSSR count). The normalized spacial score (nSPS) is 20.2. The summed E-state index contributed by atoms with van der Waals surface area (Å²) in [6.45, 7) is 0.731. The zero-order valence-corrected chi connectivity index (χ0v) is 11.7. The third-order valence-electron chi connectivity index (χ3n) is 3.32. The largest absolute Gasteiger partial charge is 0.508 e. The van der Waals surface area contributed by atoms with Crippen LogP contribution in [0.2, 0.25) is 0 Å². The van der Waals surface area contributed by atoms with Crippen molar-refractivity contribution < 1.29 is 9.90 Å². The average Bonchev–Trinajstić information content (AvgIpc) is 2.91. The fraction of sp³-hybridized carbons (Fsp3) is 0.500. The van der Waals surface area contributed by atoms with E-state index in [0.717, 1.165) is 17.9 Å². The van der Waals surface area contributed by atoms with Crippen LogP contribution in [0.5, 0.6) is 5.75 Å². The molecule has 1 aromatic carbocycles. The van der Waals surface area contributed by atoms with Gasteiger partial charge in [-0.1, -0.05) is 12.1 Å². The number of phenolic OH excluding ortho intramolecular Hbond substituents is 1. The molecular formula is C14H20N2O2S. The molecule has 4 N–H and O–H groups in total. The maximum Gasteiger partial charge on any atom is 0.237 e. The van der Waals surface area contributed by atoms with E-state index in [1.54, 1.807) is 24.3 Å². The lowest BCUT2D eigenvalue weighted by atomic mass is 10.1. The number of rotatable bonds is 5. The number of phenols is 1. The van der Waals surface area contributed by atoms with Gasteiger partial charge in [0.2, 0.25) is 5.91 Å². The van der Waals surface area contributed by atoms with Crippen LogP contribution in [0.4, 0.5) is 0 Å². The molecule has 2 atom stereocenters. The van der Waals surface area contributed by atoms with E-state index in [1.807, 2.05) is 11.8 Å². The molecule has 1 amide bonds. The second-order valence-corrected chi connectivity index (χ2v) is 6.10. The number of hydrogen-bond donors (Lipinski definition) is 3. The summed E-state index contributed by atoms with van der Waals surface area (Å²) in [4.78, 5) is 11.9. The zero-order chi connectivity index (χ0) is 13.7. The number of amides is 1. The Labute approximate surface area is 117 Å². The van der Waals surface area contributed by atoms with Crippen LogP contribution in [0.15, 0.2) is 24.3 Å². The first kappa shape index (κ1) is 14.2. The van der Waals surface area contributed by atoms with Gasteiger partial charge in [-0.25, -0.2) is 0 Å². The fourth-order valence-corrected chi connectivity index (χ4v) is 3.38. The van der Waals surface area contributed by atoms with Gasteiger partial charge in [0.25, 0.3) is 0 Å². The van der Waals surface area contributed by atoms with Gasteiger partial charge in [0.05, 0.1) is 6.04 Å². The van der Waals surface area contributed by atoms with E-state index in [4.69, 9.17) is 5.73 Å². The molecule has 0 bridgehead atoms. The second-order valence-electron chi connectivity index (χ2n) is 4.95. The Balaban J connectivity index is 1.76. The molecule has 19 heavy (non-hydrogen) atoms. The zero-order valence-electron chi connectivity index (χ0n) is 10.8. The molecule has 2 unspecified atom stereocenters. The lowest BCUT2D eigenvalue weighted by molar-refractivity contribution is -0.122. The minimum Gasteiger partial charge on any atom is -0.508 e. The number of nitrogens with one attached hydrogen (secondary N) is 1. The number of benzene rings is 1. The quantitative estimate of drug-likeness (QED) is 0.756. The van der Waals surface area contributed by atoms with Crippen LogP contribution in [0, 0.1) is 5.92 Å². The number of carbonyl (C=O) groups excluding carboxylic acids is 1. The Bertz CT molecular complexity index is 416. The van der Waals surface area contributed by atoms with E-state index in [-0.39, 0.29) is 11.7 Å². The van der Waals surface area contributed by atoms with Crippen LogP contribution in [-0.4, -0.2) is 35.1 Å². The first-order valence-corrected chi connectivity index (χ1v) is 7.69. The average molecular weight is 280 g/mol. The number of thioether (sulfide) groups is 1. The van der Waals surface area contributed by atoms with Crippen molar-refractivity contribution in [3.63, 3.8) is 0 Å². The van der Waals surface area contributed by atoms with Gasteiger partial charge in [0, 0.05) is 6.54 Å². The van der Waals surface area contributed by atoms with Gasteiger partial charge in [0.15, 0.2) is 0 Å². The van der Waals surface area contributed by atoms with Gasteiger partial charge in [-0.05, 0) is 48.0 Å². The van der Waals surface area contributed by atoms with Gasteiger partial charge in [0.1, 0.15) is 5.75 Å². The maximum absolute atomic E-state index is 11.9. The van der Waals surface area contributed by atoms with Gasteiger partial charge in [-0.3, -0.25) is 4.79 Å². The highest BCUT2D eigenvalue weighted by atomic mass is 32.2. The standard InChI is InChI=1S/C14H20N2O2S/c15-13(7-10-1-3-12(17)4-2-10)14(18)16-8-11-5-6-19-9-11/h1-4,11,13,17H,5-9,15H2,(H,16,18). The summed E-state index contributed by atoms with van der Waals surface area (Å²) in [6.07, 6.45) is 1.67. The Morgan fingerprint density at radius 2 is 2.21 bits per heavy atom. The number of carbonyl (C=O) groups is 1. The van der Waals surface area contributed by atoms with Crippen LogP contribution < -0.4 is 11.1 Å². The summed E-state index contributed by atoms with van der Waals surface area (Å²) >= 11 is 1.94. The summed E-state index contributed by atoms with van der Waals surface area (Å²) in [5.41, 5.74) is 6.85. The molecule has 0 aliphatic carbocycles. The maximum atomic E-state index is 11.9. The fourth-order valence-electron chi connectivity index (χ4n) is 2.10. The predicted molar refractivity (Wildman–Crippen MR) is 78.2 cm³/mol. The molecule has 4 nitrogen and oxygen atoms in total. The highest BCUT2D eigenvalue weighted by Crippen LogP contribution is 2.22. The van der Waals surface area contributed by atoms with Gasteiger partial charge in [-0.2, -0.15) is 11.8 Å². The van der Waals surface area contributed by atoms with Crippen LogP contribution in [0.1, 0.15) is 12.0 Å². The summed E-state index contributed by atoms with van der Waals surface area (Å²) < 4.78 is 0. The van der Waals surface area contributed by atoms with Crippen molar-refractivity contribution in [3.8, 4) is 5.75 Å². The third-order valence-corrected chi connectivity index (χ3v) is 4.55. The third kappa shape index (κ3) is 4.44. The summed E-state index contributed by atoms with van der Waals surface area (Å²) in [5.74, 6) is 3.05. The molecule has 0 spiro atoms. The van der Waals surface area contributed by atoms with Crippen LogP contribution >= 0.6 is 11.8 Å². The van der Waals surface area contributed by atoms with Crippen molar-refractivity contribution in [1.29, 1.82) is 0 Å². The monoisotopic (exact) mass is 280 g/mol. The minimum absolute atomic E-state index is 0.0926. The van der Waals surface area contributed by atoms with Gasteiger partial charge < -0.3 is 16.2 Å². The molecule has 0 saturated carbocycles. The van der Waals surface area contributed by atoms with Crippen LogP contribution in [0.25, 0.3) is 0 Å². The molecule has 1 aromatic rings. The Morgan fingerprint density at radius 1 is 1.47 bits per heavy atom. The lowest BCUT2D eigenvalue weighted by Crippen LogP contribution is -2.43. The molecule has 5 heteroatoms. The highest BCUT2D eigenvalue weighted by Gasteiger charge is 2.19. The SMILES string of the molecule is NC(Cc1ccc(O)cc1)C(=O)NCC1CCSC1. The van der Waals surface area contributed by atoms with Crippen molar-refractivity contribution >= 4 is 17.7 Å². The van der Waals surface area contributed by atoms with Gasteiger partial charge >= 0.3 is 0 Å². The molecule has 1 heterocycles. The lowest BCUT2D eigenvalue weighted by Gasteiger charge is -2.14. The van der Waals surface area contributed by atoms with E-state index >= 15 is 0 Å². The van der Waals surface area contributed by atoms with Crippen molar-refractivity contribution in [2.45, 2.75) is 18.9 Å². The Kier molecular flexibility index (Phi) is 5.10. The van der Waals surface area contributed by atoms with Gasteiger partial charge in [-0.15, -0.1) is 0 Å². The van der Waals surface area contributed by atoms with E-state index in [0.29, 0.717) is 12.3 Å². The Morgan fingerprint density at radius 3 is 2.84 bits per heavy atom. The van der Waals surface area contributed by atoms with E-state index in [1.165, 1.54) is 12.2 Å².